The van der Waals surface area contributed by atoms with Crippen molar-refractivity contribution in [1.82, 2.24) is 25.3 Å². The second kappa shape index (κ2) is 16.8. The van der Waals surface area contributed by atoms with Crippen LogP contribution in [0.25, 0.3) is 0 Å². The molecule has 0 aromatic rings. The van der Waals surface area contributed by atoms with E-state index in [-0.39, 0.29) is 48.0 Å². The molecule has 1 rings (SSSR count). The van der Waals surface area contributed by atoms with Crippen molar-refractivity contribution in [1.29, 1.82) is 0 Å². The average Bonchev–Trinajstić information content (AvgIpc) is 3.25. The third kappa shape index (κ3) is 9.85. The van der Waals surface area contributed by atoms with E-state index in [1.807, 2.05) is 27.7 Å². The summed E-state index contributed by atoms with van der Waals surface area (Å²) in [7, 11) is 2.25. The van der Waals surface area contributed by atoms with Crippen LogP contribution in [0, 0.1) is 11.8 Å². The number of nitrogens with zero attached hydrogens (tertiary/aromatic N) is 3. The molecule has 1 fully saturated rings. The summed E-state index contributed by atoms with van der Waals surface area (Å²) in [5.74, 6) is -2.05. The molecule has 1 unspecified atom stereocenters. The fourth-order valence-corrected chi connectivity index (χ4v) is 6.93. The van der Waals surface area contributed by atoms with Gasteiger partial charge in [0.15, 0.2) is 8.32 Å². The summed E-state index contributed by atoms with van der Waals surface area (Å²) in [5.41, 5.74) is 0. The fraction of sp³-hybridized carbons (Fsp3) is 0.818. The number of carbonyl (C=O) groups is 6. The lowest BCUT2D eigenvalue weighted by Crippen LogP contribution is -2.59. The number of aldehydes is 1. The molecule has 2 N–H and O–H groups in total. The predicted octanol–water partition coefficient (Wildman–Crippen LogP) is 2.95. The van der Waals surface area contributed by atoms with Crippen LogP contribution in [0.15, 0.2) is 0 Å². The van der Waals surface area contributed by atoms with Crippen molar-refractivity contribution in [3.8, 4) is 0 Å². The second-order valence-corrected chi connectivity index (χ2v) is 19.6. The first-order chi connectivity index (χ1) is 21.1. The van der Waals surface area contributed by atoms with Gasteiger partial charge in [-0.15, -0.1) is 0 Å². The molecule has 264 valence electrons. The highest BCUT2D eigenvalue weighted by atomic mass is 28.4. The molecule has 1 heterocycles. The van der Waals surface area contributed by atoms with Gasteiger partial charge in [-0.25, -0.2) is 0 Å². The number of hydrogen-bond donors (Lipinski definition) is 2. The highest BCUT2D eigenvalue weighted by Gasteiger charge is 2.50. The van der Waals surface area contributed by atoms with Gasteiger partial charge in [0.1, 0.15) is 30.5 Å². The van der Waals surface area contributed by atoms with E-state index in [1.165, 1.54) is 35.8 Å². The summed E-state index contributed by atoms with van der Waals surface area (Å²) in [6, 6.07) is -4.11. The number of carbonyl (C=O) groups excluding carboxylic acids is 6. The maximum Gasteiger partial charge on any atom is 0.245 e. The Hall–Kier alpha value is -2.80. The van der Waals surface area contributed by atoms with Crippen LogP contribution in [-0.2, 0) is 33.2 Å². The molecule has 1 aliphatic rings. The first-order valence-electron chi connectivity index (χ1n) is 16.6. The van der Waals surface area contributed by atoms with Crippen LogP contribution in [0.1, 0.15) is 88.0 Å². The summed E-state index contributed by atoms with van der Waals surface area (Å²) in [5, 5.41) is 5.27. The predicted molar refractivity (Wildman–Crippen MR) is 181 cm³/mol. The molecule has 0 spiro atoms. The standard InChI is InChI=1S/C33H61N5O7Si/c1-15-23(38-24(16-17-39)26(19-27(38)40)45-46(13,14)33(7,8)9)32(44)36(11)22(6)31(43)37(12)25(18-20(2)3)29(41)35-28(21(4)5)30(42)34-10/h17,20-26,28H,15-16,18-19H2,1-14H3,(H,34,42)(H,35,41)/t22-,23+,24?,25+,26+,28+/m1/s1. The van der Waals surface area contributed by atoms with Crippen LogP contribution in [-0.4, -0.2) is 116 Å². The topological polar surface area (TPSA) is 145 Å². The van der Waals surface area contributed by atoms with Crippen LogP contribution in [0.3, 0.4) is 0 Å². The zero-order valence-corrected chi connectivity index (χ0v) is 31.7. The number of likely N-dealkylation sites (tertiary alicyclic amines) is 1. The number of nitrogens with one attached hydrogen (secondary N) is 2. The Kier molecular flexibility index (Phi) is 15.1. The van der Waals surface area contributed by atoms with E-state index < -0.39 is 62.4 Å². The Morgan fingerprint density at radius 2 is 1.59 bits per heavy atom. The van der Waals surface area contributed by atoms with Crippen LogP contribution >= 0.6 is 0 Å². The van der Waals surface area contributed by atoms with Crippen LogP contribution < -0.4 is 10.6 Å². The van der Waals surface area contributed by atoms with E-state index in [1.54, 1.807) is 13.8 Å². The fourth-order valence-electron chi connectivity index (χ4n) is 5.58. The van der Waals surface area contributed by atoms with Gasteiger partial charge in [0.25, 0.3) is 0 Å². The molecule has 0 bridgehead atoms. The normalized spacial score (nSPS) is 19.8. The van der Waals surface area contributed by atoms with Gasteiger partial charge in [-0.1, -0.05) is 55.4 Å². The highest BCUT2D eigenvalue weighted by Crippen LogP contribution is 2.40. The summed E-state index contributed by atoms with van der Waals surface area (Å²) in [4.78, 5) is 83.1. The summed E-state index contributed by atoms with van der Waals surface area (Å²) in [6.07, 6.45) is 0.983. The first-order valence-corrected chi connectivity index (χ1v) is 19.5. The van der Waals surface area contributed by atoms with Crippen LogP contribution in [0.2, 0.25) is 18.1 Å². The van der Waals surface area contributed by atoms with Gasteiger partial charge in [0, 0.05) is 27.6 Å². The molecule has 1 aliphatic heterocycles. The van der Waals surface area contributed by atoms with Crippen molar-refractivity contribution in [2.24, 2.45) is 11.8 Å². The molecule has 13 heteroatoms. The monoisotopic (exact) mass is 667 g/mol. The zero-order chi connectivity index (χ0) is 35.9. The molecule has 5 amide bonds. The van der Waals surface area contributed by atoms with Crippen molar-refractivity contribution in [3.05, 3.63) is 0 Å². The molecular formula is C33H61N5O7Si. The molecule has 46 heavy (non-hydrogen) atoms. The highest BCUT2D eigenvalue weighted by molar-refractivity contribution is 6.74. The smallest absolute Gasteiger partial charge is 0.245 e. The molecule has 6 atom stereocenters. The molecule has 0 aromatic carbocycles. The molecule has 0 aromatic heterocycles. The number of amides is 5. The Morgan fingerprint density at radius 3 is 2.02 bits per heavy atom. The van der Waals surface area contributed by atoms with Crippen LogP contribution in [0.5, 0.6) is 0 Å². The van der Waals surface area contributed by atoms with E-state index in [0.717, 1.165) is 6.29 Å². The van der Waals surface area contributed by atoms with E-state index in [4.69, 9.17) is 4.43 Å². The van der Waals surface area contributed by atoms with E-state index in [0.29, 0.717) is 6.42 Å². The van der Waals surface area contributed by atoms with E-state index in [9.17, 15) is 28.8 Å². The lowest BCUT2D eigenvalue weighted by atomic mass is 9.98. The van der Waals surface area contributed by atoms with Gasteiger partial charge in [-0.3, -0.25) is 24.0 Å². The summed E-state index contributed by atoms with van der Waals surface area (Å²) in [6.45, 7) is 21.4. The molecule has 0 aliphatic carbocycles. The minimum Gasteiger partial charge on any atom is -0.411 e. The number of likely N-dealkylation sites (N-methyl/N-ethyl adjacent to an activating group) is 3. The number of hydrogen-bond acceptors (Lipinski definition) is 7. The third-order valence-corrected chi connectivity index (χ3v) is 14.1. The Bertz CT molecular complexity index is 1110. The SMILES string of the molecule is CC[C@@H](C(=O)N(C)[C@H](C)C(=O)N(C)[C@@H](CC(C)C)C(=O)N[C@H](C(=O)NC)C(C)C)N1C(=O)C[C@H](O[Si](C)(C)C(C)(C)C)C1CC=O. The van der Waals surface area contributed by atoms with Crippen molar-refractivity contribution in [2.75, 3.05) is 21.1 Å². The lowest BCUT2D eigenvalue weighted by molar-refractivity contribution is -0.152. The minimum atomic E-state index is -2.29. The molecule has 0 radical (unpaired) electrons. The van der Waals surface area contributed by atoms with Gasteiger partial charge in [0.2, 0.25) is 29.5 Å². The van der Waals surface area contributed by atoms with Gasteiger partial charge < -0.3 is 34.6 Å². The quantitative estimate of drug-likeness (QED) is 0.190. The average molecular weight is 668 g/mol. The zero-order valence-electron chi connectivity index (χ0n) is 30.7. The number of rotatable bonds is 16. The van der Waals surface area contributed by atoms with Gasteiger partial charge in [0.05, 0.1) is 18.6 Å². The maximum atomic E-state index is 14.0. The largest absolute Gasteiger partial charge is 0.411 e. The minimum absolute atomic E-state index is 0.0369. The lowest BCUT2D eigenvalue weighted by Gasteiger charge is -2.41. The third-order valence-electron chi connectivity index (χ3n) is 9.64. The Balaban J connectivity index is 3.29. The maximum absolute atomic E-state index is 14.0. The van der Waals surface area contributed by atoms with E-state index in [2.05, 4.69) is 44.5 Å². The van der Waals surface area contributed by atoms with Crippen molar-refractivity contribution < 1.29 is 33.2 Å². The second-order valence-electron chi connectivity index (χ2n) is 14.9. The van der Waals surface area contributed by atoms with Gasteiger partial charge in [-0.2, -0.15) is 0 Å². The first kappa shape index (κ1) is 41.2. The molecular weight excluding hydrogens is 606 g/mol. The molecule has 12 nitrogen and oxygen atoms in total. The van der Waals surface area contributed by atoms with E-state index >= 15 is 0 Å². The van der Waals surface area contributed by atoms with Crippen molar-refractivity contribution >= 4 is 44.1 Å². The molecule has 0 saturated carbocycles. The Morgan fingerprint density at radius 1 is 1.02 bits per heavy atom. The van der Waals surface area contributed by atoms with Crippen molar-refractivity contribution in [2.45, 2.75) is 142 Å². The Labute approximate surface area is 277 Å². The van der Waals surface area contributed by atoms with Gasteiger partial charge >= 0.3 is 0 Å². The van der Waals surface area contributed by atoms with Crippen molar-refractivity contribution in [3.63, 3.8) is 0 Å². The summed E-state index contributed by atoms with van der Waals surface area (Å²) >= 11 is 0. The summed E-state index contributed by atoms with van der Waals surface area (Å²) < 4.78 is 6.59. The van der Waals surface area contributed by atoms with Crippen LogP contribution in [0.4, 0.5) is 0 Å². The molecule has 1 saturated heterocycles. The van der Waals surface area contributed by atoms with Gasteiger partial charge in [-0.05, 0) is 49.7 Å².